The van der Waals surface area contributed by atoms with Crippen LogP contribution in [0.1, 0.15) is 6.92 Å². The maximum absolute atomic E-state index is 8.93. The summed E-state index contributed by atoms with van der Waals surface area (Å²) in [6.45, 7) is 1.57. The molecule has 0 atom stereocenters. The Kier molecular flexibility index (Phi) is 15.1. The molecule has 0 aliphatic rings. The topological polar surface area (TPSA) is 23.1 Å². The van der Waals surface area contributed by atoms with E-state index in [-0.39, 0.29) is 6.61 Å². The van der Waals surface area contributed by atoms with Crippen LogP contribution in [0.5, 0.6) is 0 Å². The van der Waals surface area contributed by atoms with Crippen molar-refractivity contribution in [2.45, 2.75) is 21.7 Å². The summed E-state index contributed by atoms with van der Waals surface area (Å²) >= 11 is -0.543. The number of hydrogen-bond donors (Lipinski definition) is 0. The molecule has 7 heavy (non-hydrogen) atoms. The van der Waals surface area contributed by atoms with Crippen molar-refractivity contribution < 1.29 is 5.11 Å². The molecule has 0 bridgehead atoms. The average Bonchev–Trinajstić information content (AvgIpc) is 1.33. The monoisotopic (exact) mass is 210 g/mol. The van der Waals surface area contributed by atoms with Crippen LogP contribution in [0.4, 0.5) is 0 Å². The molecule has 0 heterocycles. The third-order valence-electron chi connectivity index (χ3n) is 0. The Morgan fingerprint density at radius 1 is 1.29 bits per heavy atom. The van der Waals surface area contributed by atoms with Crippen molar-refractivity contribution in [1.82, 2.24) is 0 Å². The van der Waals surface area contributed by atoms with Gasteiger partial charge in [-0.05, 0) is 0 Å². The van der Waals surface area contributed by atoms with E-state index in [0.29, 0.717) is 0 Å². The number of hydrogen-bond acceptors (Lipinski definition) is 1. The quantitative estimate of drug-likeness (QED) is 0.539. The van der Waals surface area contributed by atoms with Gasteiger partial charge < -0.3 is 5.11 Å². The summed E-state index contributed by atoms with van der Waals surface area (Å²) in [4.78, 5) is 7.09. The molecule has 0 amide bonds. The fourth-order valence-corrected chi connectivity index (χ4v) is 0. The van der Waals surface area contributed by atoms with E-state index in [9.17, 15) is 0 Å². The molecule has 0 saturated carbocycles. The molecule has 0 radical (unpaired) electrons. The third kappa shape index (κ3) is 266. The van der Waals surface area contributed by atoms with Gasteiger partial charge in [0, 0.05) is 0 Å². The summed E-state index contributed by atoms with van der Waals surface area (Å²) in [6.07, 6.45) is 0. The van der Waals surface area contributed by atoms with Gasteiger partial charge in [-0.15, -0.1) is 6.61 Å². The minimum atomic E-state index is -0.543. The Labute approximate surface area is 53.5 Å². The second-order valence-electron chi connectivity index (χ2n) is 1.79. The maximum atomic E-state index is 8.93. The average molecular weight is 209 g/mol. The van der Waals surface area contributed by atoms with Crippen molar-refractivity contribution in [3.63, 3.8) is 0 Å². The third-order valence-corrected chi connectivity index (χ3v) is 0. The molecular weight excluding hydrogens is 195 g/mol. The van der Waals surface area contributed by atoms with Crippen LogP contribution in [0, 0.1) is 0 Å². The van der Waals surface area contributed by atoms with Crippen LogP contribution in [0.15, 0.2) is 0 Å². The predicted molar refractivity (Wildman–Crippen MR) is 33.9 cm³/mol. The Morgan fingerprint density at radius 2 is 1.29 bits per heavy atom. The zero-order chi connectivity index (χ0) is 6.28. The van der Waals surface area contributed by atoms with Crippen molar-refractivity contribution in [2.24, 2.45) is 0 Å². The summed E-state index contributed by atoms with van der Waals surface area (Å²) < 4.78 is 0. The van der Waals surface area contributed by atoms with E-state index in [1.807, 2.05) is 0 Å². The molecule has 0 N–H and O–H groups in total. The Hall–Kier alpha value is 0.759. The van der Waals surface area contributed by atoms with Crippen molar-refractivity contribution in [1.29, 1.82) is 0 Å². The second-order valence-corrected chi connectivity index (χ2v) is 10.4. The van der Waals surface area contributed by atoms with Gasteiger partial charge in [0.1, 0.15) is 0 Å². The van der Waals surface area contributed by atoms with Crippen molar-refractivity contribution in [2.75, 3.05) is 6.61 Å². The molecule has 0 fully saturated rings. The molecular formula is C5H14OSn. The van der Waals surface area contributed by atoms with Crippen LogP contribution in [0.25, 0.3) is 0 Å². The first-order valence-corrected chi connectivity index (χ1v) is 11.1. The van der Waals surface area contributed by atoms with Crippen LogP contribution >= 0.6 is 0 Å². The summed E-state index contributed by atoms with van der Waals surface area (Å²) in [6, 6.07) is 0. The SMILES string of the molecule is CC[O-].[CH3][Sn+]([CH3])[CH3]. The second kappa shape index (κ2) is 9.90. The first kappa shape index (κ1) is 10.7. The van der Waals surface area contributed by atoms with Crippen LogP contribution in [-0.2, 0) is 0 Å². The standard InChI is InChI=1S/C2H5O.3CH3.Sn/c1-2-3;;;;/h2H2,1H3;3*1H3;/q-1;;;;+1. The molecule has 1 nitrogen and oxygen atoms in total. The van der Waals surface area contributed by atoms with Crippen LogP contribution in [-0.4, -0.2) is 26.4 Å². The number of rotatable bonds is 0. The fourth-order valence-electron chi connectivity index (χ4n) is 0. The molecule has 0 aromatic carbocycles. The zero-order valence-electron chi connectivity index (χ0n) is 5.62. The van der Waals surface area contributed by atoms with Gasteiger partial charge in [0.15, 0.2) is 0 Å². The Bertz CT molecular complexity index is 19.3. The Balaban J connectivity index is 0. The van der Waals surface area contributed by atoms with E-state index in [1.54, 1.807) is 6.92 Å². The van der Waals surface area contributed by atoms with Crippen molar-refractivity contribution >= 4 is 19.8 Å². The minimum absolute atomic E-state index is 0. The van der Waals surface area contributed by atoms with Crippen LogP contribution in [0.2, 0.25) is 14.8 Å². The predicted octanol–water partition coefficient (Wildman–Crippen LogP) is 0.737. The van der Waals surface area contributed by atoms with E-state index < -0.39 is 19.8 Å². The van der Waals surface area contributed by atoms with E-state index in [2.05, 4.69) is 14.8 Å². The first-order chi connectivity index (χ1) is 3.15. The summed E-state index contributed by atoms with van der Waals surface area (Å²) in [5.74, 6) is 0. The van der Waals surface area contributed by atoms with E-state index in [4.69, 9.17) is 5.11 Å². The molecule has 0 unspecified atom stereocenters. The molecule has 0 aromatic heterocycles. The van der Waals surface area contributed by atoms with Crippen LogP contribution < -0.4 is 5.11 Å². The normalized spacial score (nSPS) is 6.43. The van der Waals surface area contributed by atoms with Crippen LogP contribution in [0.3, 0.4) is 0 Å². The molecule has 44 valence electrons. The van der Waals surface area contributed by atoms with Crippen molar-refractivity contribution in [3.05, 3.63) is 0 Å². The van der Waals surface area contributed by atoms with E-state index in [1.165, 1.54) is 0 Å². The van der Waals surface area contributed by atoms with E-state index >= 15 is 0 Å². The summed E-state index contributed by atoms with van der Waals surface area (Å²) in [5, 5.41) is 8.93. The summed E-state index contributed by atoms with van der Waals surface area (Å²) in [7, 11) is 0. The zero-order valence-corrected chi connectivity index (χ0v) is 8.47. The molecule has 2 heteroatoms. The summed E-state index contributed by atoms with van der Waals surface area (Å²) in [5.41, 5.74) is 0. The Morgan fingerprint density at radius 3 is 1.29 bits per heavy atom. The van der Waals surface area contributed by atoms with Gasteiger partial charge in [0.25, 0.3) is 0 Å². The van der Waals surface area contributed by atoms with Gasteiger partial charge in [-0.1, -0.05) is 6.92 Å². The van der Waals surface area contributed by atoms with Gasteiger partial charge in [-0.3, -0.25) is 0 Å². The molecule has 0 spiro atoms. The fraction of sp³-hybridized carbons (Fsp3) is 1.00. The van der Waals surface area contributed by atoms with Crippen molar-refractivity contribution in [3.8, 4) is 0 Å². The van der Waals surface area contributed by atoms with Gasteiger partial charge in [-0.25, -0.2) is 0 Å². The van der Waals surface area contributed by atoms with E-state index in [0.717, 1.165) is 0 Å². The molecule has 0 aromatic rings. The molecule has 0 rings (SSSR count). The molecule has 0 aliphatic heterocycles. The molecule has 0 aliphatic carbocycles. The molecule has 0 saturated heterocycles. The van der Waals surface area contributed by atoms with Gasteiger partial charge in [0.2, 0.25) is 0 Å². The van der Waals surface area contributed by atoms with Gasteiger partial charge in [-0.2, -0.15) is 0 Å². The first-order valence-electron chi connectivity index (χ1n) is 2.50. The van der Waals surface area contributed by atoms with Gasteiger partial charge in [0.05, 0.1) is 0 Å². The van der Waals surface area contributed by atoms with Gasteiger partial charge >= 0.3 is 34.6 Å².